The fourth-order valence-electron chi connectivity index (χ4n) is 2.38. The number of oxazole rings is 1. The summed E-state index contributed by atoms with van der Waals surface area (Å²) in [5, 5.41) is 0.845. The number of aromatic nitrogens is 2. The van der Waals surface area contributed by atoms with E-state index in [2.05, 4.69) is 25.9 Å². The molecule has 0 aliphatic rings. The van der Waals surface area contributed by atoms with E-state index in [0.29, 0.717) is 17.0 Å². The van der Waals surface area contributed by atoms with Gasteiger partial charge in [-0.3, -0.25) is 4.79 Å². The average Bonchev–Trinajstić information content (AvgIpc) is 2.94. The highest BCUT2D eigenvalue weighted by molar-refractivity contribution is 9.10. The number of para-hydroxylation sites is 1. The highest BCUT2D eigenvalue weighted by Crippen LogP contribution is 2.31. The minimum absolute atomic E-state index is 0.245. The Balaban J connectivity index is 2.11. The number of hydrogen-bond acceptors (Lipinski definition) is 3. The molecular weight excluding hydrogens is 332 g/mol. The number of benzene rings is 2. The van der Waals surface area contributed by atoms with Gasteiger partial charge < -0.3 is 9.40 Å². The van der Waals surface area contributed by atoms with Crippen molar-refractivity contribution < 1.29 is 4.42 Å². The van der Waals surface area contributed by atoms with Crippen LogP contribution >= 0.6 is 15.9 Å². The number of rotatable bonds is 1. The second-order valence-electron chi connectivity index (χ2n) is 4.68. The molecule has 0 amide bonds. The van der Waals surface area contributed by atoms with Gasteiger partial charge in [0.25, 0.3) is 5.56 Å². The summed E-state index contributed by atoms with van der Waals surface area (Å²) >= 11 is 3.47. The van der Waals surface area contributed by atoms with Crippen LogP contribution in [-0.2, 0) is 0 Å². The fourth-order valence-corrected chi connectivity index (χ4v) is 2.83. The molecule has 4 aromatic rings. The first-order chi connectivity index (χ1) is 10.2. The monoisotopic (exact) mass is 340 g/mol. The minimum atomic E-state index is -0.245. The van der Waals surface area contributed by atoms with Gasteiger partial charge in [0.2, 0.25) is 5.89 Å². The third-order valence-corrected chi connectivity index (χ3v) is 4.06. The van der Waals surface area contributed by atoms with Crippen LogP contribution < -0.4 is 5.56 Å². The number of hydrogen-bond donors (Lipinski definition) is 1. The molecule has 0 spiro atoms. The van der Waals surface area contributed by atoms with E-state index < -0.39 is 0 Å². The van der Waals surface area contributed by atoms with E-state index in [1.54, 1.807) is 0 Å². The zero-order valence-corrected chi connectivity index (χ0v) is 12.3. The molecule has 21 heavy (non-hydrogen) atoms. The van der Waals surface area contributed by atoms with Gasteiger partial charge in [-0.2, -0.15) is 0 Å². The first kappa shape index (κ1) is 12.3. The summed E-state index contributed by atoms with van der Waals surface area (Å²) in [4.78, 5) is 19.3. The van der Waals surface area contributed by atoms with E-state index in [9.17, 15) is 4.79 Å². The van der Waals surface area contributed by atoms with E-state index in [4.69, 9.17) is 4.42 Å². The molecule has 0 fully saturated rings. The lowest BCUT2D eigenvalue weighted by molar-refractivity contribution is 0.622. The third-order valence-electron chi connectivity index (χ3n) is 3.37. The molecule has 2 heterocycles. The van der Waals surface area contributed by atoms with Crippen molar-refractivity contribution in [1.29, 1.82) is 0 Å². The van der Waals surface area contributed by atoms with Gasteiger partial charge in [-0.25, -0.2) is 4.98 Å². The van der Waals surface area contributed by atoms with Crippen molar-refractivity contribution in [3.05, 3.63) is 63.4 Å². The summed E-state index contributed by atoms with van der Waals surface area (Å²) in [5.41, 5.74) is 2.15. The van der Waals surface area contributed by atoms with Crippen LogP contribution in [0.15, 0.2) is 62.2 Å². The Morgan fingerprint density at radius 3 is 2.67 bits per heavy atom. The number of nitrogens with zero attached hydrogens (tertiary/aromatic N) is 1. The van der Waals surface area contributed by atoms with Crippen LogP contribution in [0.3, 0.4) is 0 Å². The number of fused-ring (bicyclic) bond motifs is 3. The molecule has 0 bridgehead atoms. The highest BCUT2D eigenvalue weighted by atomic mass is 79.9. The van der Waals surface area contributed by atoms with Crippen LogP contribution in [0.2, 0.25) is 0 Å². The predicted octanol–water partition coefficient (Wildman–Crippen LogP) is 4.10. The number of halogens is 1. The molecule has 5 heteroatoms. The molecule has 4 nitrogen and oxygen atoms in total. The molecule has 0 aliphatic carbocycles. The Morgan fingerprint density at radius 1 is 1.05 bits per heavy atom. The van der Waals surface area contributed by atoms with Crippen molar-refractivity contribution in [2.24, 2.45) is 0 Å². The van der Waals surface area contributed by atoms with Gasteiger partial charge in [0.1, 0.15) is 0 Å². The predicted molar refractivity (Wildman–Crippen MR) is 85.3 cm³/mol. The number of nitrogens with one attached hydrogen (secondary N) is 1. The summed E-state index contributed by atoms with van der Waals surface area (Å²) in [6, 6.07) is 15.1. The molecule has 0 unspecified atom stereocenters. The lowest BCUT2D eigenvalue weighted by Gasteiger charge is -1.98. The van der Waals surface area contributed by atoms with Gasteiger partial charge in [0.15, 0.2) is 11.1 Å². The summed E-state index contributed by atoms with van der Waals surface area (Å²) in [6.45, 7) is 0. The summed E-state index contributed by atoms with van der Waals surface area (Å²) < 4.78 is 6.74. The van der Waals surface area contributed by atoms with Gasteiger partial charge in [0.05, 0.1) is 11.1 Å². The van der Waals surface area contributed by atoms with Crippen LogP contribution in [-0.4, -0.2) is 9.97 Å². The molecule has 0 saturated heterocycles. The average molecular weight is 341 g/mol. The van der Waals surface area contributed by atoms with Crippen molar-refractivity contribution in [2.75, 3.05) is 0 Å². The normalized spacial score (nSPS) is 11.3. The Bertz CT molecular complexity index is 1030. The van der Waals surface area contributed by atoms with Crippen molar-refractivity contribution in [1.82, 2.24) is 9.97 Å². The maximum atomic E-state index is 12.1. The van der Waals surface area contributed by atoms with Gasteiger partial charge >= 0.3 is 0 Å². The van der Waals surface area contributed by atoms with Crippen molar-refractivity contribution in [3.63, 3.8) is 0 Å². The zero-order valence-electron chi connectivity index (χ0n) is 10.8. The number of aromatic amines is 1. The first-order valence-electron chi connectivity index (χ1n) is 6.40. The standard InChI is InChI=1S/C16H9BrN2O2/c17-11-7-3-1-5-9(11)16-19-13-14(21-16)10-6-2-4-8-12(10)18-15(13)20/h1-8H,(H,18,20). The summed E-state index contributed by atoms with van der Waals surface area (Å²) in [7, 11) is 0. The van der Waals surface area contributed by atoms with Crippen LogP contribution in [0, 0.1) is 0 Å². The van der Waals surface area contributed by atoms with E-state index in [1.165, 1.54) is 0 Å². The Morgan fingerprint density at radius 2 is 1.81 bits per heavy atom. The lowest BCUT2D eigenvalue weighted by Crippen LogP contribution is -2.05. The van der Waals surface area contributed by atoms with Crippen molar-refractivity contribution >= 4 is 37.9 Å². The molecule has 0 radical (unpaired) electrons. The van der Waals surface area contributed by atoms with Gasteiger partial charge in [0, 0.05) is 9.86 Å². The van der Waals surface area contributed by atoms with E-state index in [-0.39, 0.29) is 5.56 Å². The molecule has 0 atom stereocenters. The molecule has 102 valence electrons. The fraction of sp³-hybridized carbons (Fsp3) is 0. The second kappa shape index (κ2) is 4.56. The van der Waals surface area contributed by atoms with E-state index >= 15 is 0 Å². The molecule has 2 aromatic carbocycles. The molecule has 0 aliphatic heterocycles. The van der Waals surface area contributed by atoms with Crippen LogP contribution in [0.1, 0.15) is 0 Å². The van der Waals surface area contributed by atoms with Crippen LogP contribution in [0.4, 0.5) is 0 Å². The Kier molecular flexibility index (Phi) is 2.68. The molecule has 0 saturated carbocycles. The number of pyridine rings is 1. The maximum absolute atomic E-state index is 12.1. The molecule has 1 N–H and O–H groups in total. The van der Waals surface area contributed by atoms with Gasteiger partial charge in [-0.1, -0.05) is 24.3 Å². The SMILES string of the molecule is O=c1[nH]c2ccccc2c2oc(-c3ccccc3Br)nc12. The Hall–Kier alpha value is -2.40. The van der Waals surface area contributed by atoms with E-state index in [0.717, 1.165) is 20.9 Å². The zero-order chi connectivity index (χ0) is 14.4. The maximum Gasteiger partial charge on any atom is 0.278 e. The smallest absolute Gasteiger partial charge is 0.278 e. The third kappa shape index (κ3) is 1.89. The minimum Gasteiger partial charge on any atom is -0.435 e. The summed E-state index contributed by atoms with van der Waals surface area (Å²) in [5.74, 6) is 0.430. The largest absolute Gasteiger partial charge is 0.435 e. The van der Waals surface area contributed by atoms with Crippen molar-refractivity contribution in [2.45, 2.75) is 0 Å². The van der Waals surface area contributed by atoms with Crippen LogP contribution in [0.25, 0.3) is 33.5 Å². The van der Waals surface area contributed by atoms with Crippen LogP contribution in [0.5, 0.6) is 0 Å². The lowest BCUT2D eigenvalue weighted by atomic mass is 10.2. The Labute approximate surface area is 127 Å². The van der Waals surface area contributed by atoms with Gasteiger partial charge in [-0.15, -0.1) is 0 Å². The molecule has 4 rings (SSSR count). The molecule has 2 aromatic heterocycles. The first-order valence-corrected chi connectivity index (χ1v) is 7.20. The van der Waals surface area contributed by atoms with Crippen molar-refractivity contribution in [3.8, 4) is 11.5 Å². The quantitative estimate of drug-likeness (QED) is 0.567. The highest BCUT2D eigenvalue weighted by Gasteiger charge is 2.15. The molecular formula is C16H9BrN2O2. The number of H-pyrrole nitrogens is 1. The van der Waals surface area contributed by atoms with E-state index in [1.807, 2.05) is 48.5 Å². The van der Waals surface area contributed by atoms with Gasteiger partial charge in [-0.05, 0) is 40.2 Å². The second-order valence-corrected chi connectivity index (χ2v) is 5.53. The topological polar surface area (TPSA) is 58.9 Å². The summed E-state index contributed by atoms with van der Waals surface area (Å²) in [6.07, 6.45) is 0.